The smallest absolute Gasteiger partial charge is 0.349 e. The van der Waals surface area contributed by atoms with Crippen molar-refractivity contribution >= 4 is 33.2 Å². The second kappa shape index (κ2) is 6.80. The number of benzene rings is 1. The highest BCUT2D eigenvalue weighted by Gasteiger charge is 2.27. The molecule has 1 amide bonds. The fourth-order valence-electron chi connectivity index (χ4n) is 1.81. The van der Waals surface area contributed by atoms with Gasteiger partial charge < -0.3 is 9.47 Å². The van der Waals surface area contributed by atoms with Crippen LogP contribution in [0.2, 0.25) is 0 Å². The van der Waals surface area contributed by atoms with Gasteiger partial charge in [-0.25, -0.2) is 17.9 Å². The normalized spacial score (nSPS) is 10.9. The Balaban J connectivity index is 2.34. The van der Waals surface area contributed by atoms with Crippen LogP contribution in [0.3, 0.4) is 0 Å². The molecule has 2 rings (SSSR count). The highest BCUT2D eigenvalue weighted by molar-refractivity contribution is 7.90. The Morgan fingerprint density at radius 3 is 2.48 bits per heavy atom. The fraction of sp³-hybridized carbons (Fsp3) is 0.143. The van der Waals surface area contributed by atoms with Gasteiger partial charge in [-0.15, -0.1) is 11.3 Å². The molecule has 0 aliphatic carbocycles. The molecule has 0 aliphatic rings. The minimum atomic E-state index is -4.22. The van der Waals surface area contributed by atoms with Crippen molar-refractivity contribution in [2.75, 3.05) is 14.2 Å². The monoisotopic (exact) mass is 355 g/mol. The summed E-state index contributed by atoms with van der Waals surface area (Å²) in [7, 11) is -1.71. The maximum Gasteiger partial charge on any atom is 0.349 e. The lowest BCUT2D eigenvalue weighted by molar-refractivity contribution is 0.0602. The van der Waals surface area contributed by atoms with E-state index in [0.717, 1.165) is 18.4 Å². The van der Waals surface area contributed by atoms with Crippen molar-refractivity contribution in [1.82, 2.24) is 4.72 Å². The van der Waals surface area contributed by atoms with E-state index in [1.54, 1.807) is 12.1 Å². The molecule has 7 nitrogen and oxygen atoms in total. The number of nitrogens with one attached hydrogen (secondary N) is 1. The molecule has 0 fully saturated rings. The maximum atomic E-state index is 12.3. The number of para-hydroxylation sites is 1. The van der Waals surface area contributed by atoms with E-state index in [9.17, 15) is 18.0 Å². The van der Waals surface area contributed by atoms with Crippen LogP contribution >= 0.6 is 11.3 Å². The number of rotatable bonds is 5. The third-order valence-electron chi connectivity index (χ3n) is 2.87. The molecule has 0 saturated heterocycles. The first-order valence-corrected chi connectivity index (χ1v) is 8.63. The van der Waals surface area contributed by atoms with E-state index < -0.39 is 21.9 Å². The van der Waals surface area contributed by atoms with Gasteiger partial charge in [0, 0.05) is 0 Å². The molecular weight excluding hydrogens is 342 g/mol. The Morgan fingerprint density at radius 1 is 1.13 bits per heavy atom. The van der Waals surface area contributed by atoms with Gasteiger partial charge in [-0.2, -0.15) is 0 Å². The van der Waals surface area contributed by atoms with Crippen LogP contribution in [-0.4, -0.2) is 34.5 Å². The third-order valence-corrected chi connectivity index (χ3v) is 5.27. The first-order valence-electron chi connectivity index (χ1n) is 6.26. The number of sulfonamides is 1. The van der Waals surface area contributed by atoms with Crippen molar-refractivity contribution in [2.45, 2.75) is 4.90 Å². The minimum absolute atomic E-state index is 0.0634. The van der Waals surface area contributed by atoms with Crippen molar-refractivity contribution in [2.24, 2.45) is 0 Å². The molecule has 0 radical (unpaired) electrons. The summed E-state index contributed by atoms with van der Waals surface area (Å²) in [6.07, 6.45) is 0. The number of hydrogen-bond donors (Lipinski definition) is 1. The molecule has 0 aliphatic heterocycles. The lowest BCUT2D eigenvalue weighted by Gasteiger charge is -2.10. The Labute approximate surface area is 136 Å². The molecule has 0 saturated carbocycles. The molecule has 1 aromatic heterocycles. The van der Waals surface area contributed by atoms with E-state index in [4.69, 9.17) is 4.74 Å². The Morgan fingerprint density at radius 2 is 1.83 bits per heavy atom. The number of methoxy groups -OCH3 is 2. The van der Waals surface area contributed by atoms with Gasteiger partial charge in [-0.1, -0.05) is 12.1 Å². The van der Waals surface area contributed by atoms with Crippen molar-refractivity contribution in [1.29, 1.82) is 0 Å². The van der Waals surface area contributed by atoms with E-state index in [0.29, 0.717) is 0 Å². The lowest BCUT2D eigenvalue weighted by Crippen LogP contribution is -2.31. The highest BCUT2D eigenvalue weighted by atomic mass is 32.2. The molecular formula is C14H13NO6S2. The molecule has 122 valence electrons. The molecule has 2 aromatic rings. The van der Waals surface area contributed by atoms with E-state index in [-0.39, 0.29) is 21.1 Å². The van der Waals surface area contributed by atoms with Crippen LogP contribution in [-0.2, 0) is 14.8 Å². The molecule has 1 N–H and O–H groups in total. The first kappa shape index (κ1) is 17.0. The van der Waals surface area contributed by atoms with Crippen LogP contribution in [0.5, 0.6) is 5.75 Å². The SMILES string of the molecule is COC(=O)c1sccc1S(=O)(=O)NC(=O)c1ccccc1OC. The van der Waals surface area contributed by atoms with Crippen molar-refractivity contribution in [3.63, 3.8) is 0 Å². The summed E-state index contributed by atoms with van der Waals surface area (Å²) in [6, 6.07) is 7.42. The number of thiophene rings is 1. The minimum Gasteiger partial charge on any atom is -0.496 e. The van der Waals surface area contributed by atoms with E-state index >= 15 is 0 Å². The van der Waals surface area contributed by atoms with Crippen LogP contribution in [0.25, 0.3) is 0 Å². The zero-order chi connectivity index (χ0) is 17.0. The summed E-state index contributed by atoms with van der Waals surface area (Å²) in [4.78, 5) is 23.4. The summed E-state index contributed by atoms with van der Waals surface area (Å²) < 4.78 is 36.2. The zero-order valence-electron chi connectivity index (χ0n) is 12.2. The predicted molar refractivity (Wildman–Crippen MR) is 83.3 cm³/mol. The molecule has 1 heterocycles. The standard InChI is InChI=1S/C14H13NO6S2/c1-20-10-6-4-3-5-9(10)13(16)15-23(18,19)11-7-8-22-12(11)14(17)21-2/h3-8H,1-2H3,(H,15,16). The second-order valence-electron chi connectivity index (χ2n) is 4.24. The summed E-state index contributed by atoms with van der Waals surface area (Å²) in [5.41, 5.74) is 0.0634. The van der Waals surface area contributed by atoms with Gasteiger partial charge in [0.2, 0.25) is 0 Å². The molecule has 0 atom stereocenters. The van der Waals surface area contributed by atoms with Gasteiger partial charge in [0.15, 0.2) is 0 Å². The number of carbonyl (C=O) groups is 2. The average molecular weight is 355 g/mol. The van der Waals surface area contributed by atoms with Crippen molar-refractivity contribution in [3.8, 4) is 5.75 Å². The van der Waals surface area contributed by atoms with Crippen LogP contribution in [0, 0.1) is 0 Å². The number of hydrogen-bond acceptors (Lipinski definition) is 7. The maximum absolute atomic E-state index is 12.3. The molecule has 0 bridgehead atoms. The molecule has 23 heavy (non-hydrogen) atoms. The Kier molecular flexibility index (Phi) is 5.02. The largest absolute Gasteiger partial charge is 0.496 e. The first-order chi connectivity index (χ1) is 10.9. The molecule has 0 unspecified atom stereocenters. The zero-order valence-corrected chi connectivity index (χ0v) is 13.9. The van der Waals surface area contributed by atoms with Crippen LogP contribution in [0.1, 0.15) is 20.0 Å². The quantitative estimate of drug-likeness (QED) is 0.819. The number of amides is 1. The van der Waals surface area contributed by atoms with Gasteiger partial charge >= 0.3 is 5.97 Å². The molecule has 1 aromatic carbocycles. The van der Waals surface area contributed by atoms with Gasteiger partial charge in [0.25, 0.3) is 15.9 Å². The Hall–Kier alpha value is -2.39. The summed E-state index contributed by atoms with van der Waals surface area (Å²) in [5.74, 6) is -1.41. The van der Waals surface area contributed by atoms with E-state index in [1.165, 1.54) is 30.7 Å². The summed E-state index contributed by atoms with van der Waals surface area (Å²) >= 11 is 0.910. The predicted octanol–water partition coefficient (Wildman–Crippen LogP) is 1.66. The summed E-state index contributed by atoms with van der Waals surface area (Å²) in [5, 5.41) is 1.42. The summed E-state index contributed by atoms with van der Waals surface area (Å²) in [6.45, 7) is 0. The van der Waals surface area contributed by atoms with Gasteiger partial charge in [-0.3, -0.25) is 4.79 Å². The lowest BCUT2D eigenvalue weighted by atomic mass is 10.2. The van der Waals surface area contributed by atoms with Crippen LogP contribution in [0.4, 0.5) is 0 Å². The fourth-order valence-corrected chi connectivity index (χ4v) is 4.12. The topological polar surface area (TPSA) is 98.8 Å². The van der Waals surface area contributed by atoms with Gasteiger partial charge in [0.05, 0.1) is 19.8 Å². The van der Waals surface area contributed by atoms with E-state index in [1.807, 2.05) is 4.72 Å². The average Bonchev–Trinajstić information content (AvgIpc) is 3.04. The number of carbonyl (C=O) groups excluding carboxylic acids is 2. The van der Waals surface area contributed by atoms with Gasteiger partial charge in [0.1, 0.15) is 15.5 Å². The molecule has 9 heteroatoms. The van der Waals surface area contributed by atoms with Gasteiger partial charge in [-0.05, 0) is 23.6 Å². The van der Waals surface area contributed by atoms with Crippen LogP contribution in [0.15, 0.2) is 40.6 Å². The molecule has 0 spiro atoms. The second-order valence-corrected chi connectivity index (χ2v) is 6.81. The Bertz CT molecular complexity index is 840. The van der Waals surface area contributed by atoms with Crippen molar-refractivity contribution < 1.29 is 27.5 Å². The van der Waals surface area contributed by atoms with Crippen molar-refractivity contribution in [3.05, 3.63) is 46.2 Å². The third kappa shape index (κ3) is 3.51. The van der Waals surface area contributed by atoms with E-state index in [2.05, 4.69) is 4.74 Å². The number of esters is 1. The number of ether oxygens (including phenoxy) is 2. The van der Waals surface area contributed by atoms with Crippen LogP contribution < -0.4 is 9.46 Å². The highest BCUT2D eigenvalue weighted by Crippen LogP contribution is 2.24.